The van der Waals surface area contributed by atoms with Crippen molar-refractivity contribution < 1.29 is 14.3 Å². The van der Waals surface area contributed by atoms with Crippen LogP contribution >= 0.6 is 0 Å². The fourth-order valence-electron chi connectivity index (χ4n) is 3.34. The van der Waals surface area contributed by atoms with E-state index < -0.39 is 0 Å². The third kappa shape index (κ3) is 21.8. The SMILES string of the molecule is C=C(C)CC(C)Cc1cc(OC)c(CCCCCCC)cc1OC.CC(C)(C)C.CC(C)=O. The molecule has 0 spiro atoms. The molecule has 0 radical (unpaired) electrons. The lowest BCUT2D eigenvalue weighted by Crippen LogP contribution is -2.04. The van der Waals surface area contributed by atoms with Gasteiger partial charge in [-0.1, -0.05) is 72.8 Å². The lowest BCUT2D eigenvalue weighted by atomic mass is 9.93. The smallest absolute Gasteiger partial charge is 0.126 e. The third-order valence-corrected chi connectivity index (χ3v) is 4.50. The monoisotopic (exact) mass is 462 g/mol. The minimum absolute atomic E-state index is 0.167. The van der Waals surface area contributed by atoms with E-state index in [0.29, 0.717) is 11.3 Å². The Bertz CT molecular complexity index is 658. The van der Waals surface area contributed by atoms with Crippen molar-refractivity contribution in [3.8, 4) is 11.5 Å². The number of ketones is 1. The maximum Gasteiger partial charge on any atom is 0.126 e. The normalized spacial score (nSPS) is 11.4. The fourth-order valence-corrected chi connectivity index (χ4v) is 3.34. The van der Waals surface area contributed by atoms with E-state index in [1.165, 1.54) is 62.7 Å². The zero-order valence-corrected chi connectivity index (χ0v) is 23.8. The molecule has 0 N–H and O–H groups in total. The van der Waals surface area contributed by atoms with E-state index in [-0.39, 0.29) is 5.78 Å². The summed E-state index contributed by atoms with van der Waals surface area (Å²) in [6.45, 7) is 22.4. The van der Waals surface area contributed by atoms with E-state index in [1.54, 1.807) is 14.2 Å². The molecule has 1 aromatic rings. The van der Waals surface area contributed by atoms with Crippen LogP contribution in [0.5, 0.6) is 11.5 Å². The number of hydrogen-bond acceptors (Lipinski definition) is 3. The molecule has 1 rings (SSSR count). The molecule has 0 bridgehead atoms. The molecule has 0 saturated carbocycles. The minimum atomic E-state index is 0.167. The van der Waals surface area contributed by atoms with Crippen LogP contribution in [0.3, 0.4) is 0 Å². The second-order valence-corrected chi connectivity index (χ2v) is 11.0. The average Bonchev–Trinajstić information content (AvgIpc) is 2.65. The Balaban J connectivity index is 0. The summed E-state index contributed by atoms with van der Waals surface area (Å²) < 4.78 is 11.3. The van der Waals surface area contributed by atoms with Crippen molar-refractivity contribution in [3.63, 3.8) is 0 Å². The quantitative estimate of drug-likeness (QED) is 0.229. The molecule has 3 heteroatoms. The van der Waals surface area contributed by atoms with Gasteiger partial charge in [-0.3, -0.25) is 0 Å². The largest absolute Gasteiger partial charge is 0.496 e. The van der Waals surface area contributed by atoms with Gasteiger partial charge in [-0.25, -0.2) is 0 Å². The van der Waals surface area contributed by atoms with Gasteiger partial charge in [-0.05, 0) is 81.0 Å². The molecule has 0 heterocycles. The number of ether oxygens (including phenoxy) is 2. The van der Waals surface area contributed by atoms with Crippen molar-refractivity contribution in [2.45, 2.75) is 114 Å². The standard InChI is InChI=1S/C22H36O2.C5H12.C3H6O/c1-7-8-9-10-11-12-19-15-22(24-6)20(16-21(19)23-5)14-18(4)13-17(2)3;1-5(2,3)4;1-3(2)4/h15-16,18H,2,7-14H2,1,3-6H3;1-4H3;1-2H3. The Kier molecular flexibility index (Phi) is 18.9. The molecule has 1 unspecified atom stereocenters. The topological polar surface area (TPSA) is 35.5 Å². The Morgan fingerprint density at radius 3 is 1.76 bits per heavy atom. The molecule has 0 amide bonds. The number of Topliss-reactive ketones (excluding diaryl/α,β-unsaturated/α-hetero) is 1. The van der Waals surface area contributed by atoms with E-state index in [0.717, 1.165) is 30.8 Å². The van der Waals surface area contributed by atoms with Crippen LogP contribution in [0.25, 0.3) is 0 Å². The lowest BCUT2D eigenvalue weighted by Gasteiger charge is -2.18. The fraction of sp³-hybridized carbons (Fsp3) is 0.700. The molecule has 0 aromatic heterocycles. The molecule has 1 atom stereocenters. The van der Waals surface area contributed by atoms with Crippen molar-refractivity contribution >= 4 is 5.78 Å². The predicted molar refractivity (Wildman–Crippen MR) is 146 cm³/mol. The van der Waals surface area contributed by atoms with Crippen LogP contribution < -0.4 is 9.47 Å². The summed E-state index contributed by atoms with van der Waals surface area (Å²) in [6, 6.07) is 4.36. The van der Waals surface area contributed by atoms with Gasteiger partial charge in [-0.2, -0.15) is 0 Å². The molecular weight excluding hydrogens is 408 g/mol. The molecule has 0 aliphatic carbocycles. The molecule has 0 fully saturated rings. The first-order valence-electron chi connectivity index (χ1n) is 12.6. The predicted octanol–water partition coefficient (Wildman–Crippen LogP) is 9.01. The zero-order chi connectivity index (χ0) is 26.0. The Labute approximate surface area is 206 Å². The summed E-state index contributed by atoms with van der Waals surface area (Å²) in [4.78, 5) is 9.44. The van der Waals surface area contributed by atoms with E-state index in [1.807, 2.05) is 0 Å². The first-order chi connectivity index (χ1) is 15.2. The van der Waals surface area contributed by atoms with Gasteiger partial charge in [-0.15, -0.1) is 6.58 Å². The number of methoxy groups -OCH3 is 2. The number of rotatable bonds is 12. The van der Waals surface area contributed by atoms with Gasteiger partial charge in [0.2, 0.25) is 0 Å². The van der Waals surface area contributed by atoms with Gasteiger partial charge in [0.1, 0.15) is 17.3 Å². The first kappa shape index (κ1) is 33.4. The highest BCUT2D eigenvalue weighted by Gasteiger charge is 2.14. The summed E-state index contributed by atoms with van der Waals surface area (Å²) in [5, 5.41) is 0. The van der Waals surface area contributed by atoms with Crippen molar-refractivity contribution in [1.29, 1.82) is 0 Å². The number of allylic oxidation sites excluding steroid dienone is 1. The molecule has 192 valence electrons. The Morgan fingerprint density at radius 1 is 0.909 bits per heavy atom. The summed E-state index contributed by atoms with van der Waals surface area (Å²) >= 11 is 0. The van der Waals surface area contributed by atoms with Crippen molar-refractivity contribution in [3.05, 3.63) is 35.4 Å². The number of aryl methyl sites for hydroxylation is 1. The average molecular weight is 463 g/mol. The highest BCUT2D eigenvalue weighted by atomic mass is 16.5. The van der Waals surface area contributed by atoms with Gasteiger partial charge in [0, 0.05) is 0 Å². The second-order valence-electron chi connectivity index (χ2n) is 11.0. The Hall–Kier alpha value is -1.77. The van der Waals surface area contributed by atoms with E-state index in [4.69, 9.17) is 9.47 Å². The van der Waals surface area contributed by atoms with Gasteiger partial charge in [0.15, 0.2) is 0 Å². The van der Waals surface area contributed by atoms with Crippen molar-refractivity contribution in [1.82, 2.24) is 0 Å². The molecule has 0 aliphatic heterocycles. The highest BCUT2D eigenvalue weighted by molar-refractivity contribution is 5.72. The van der Waals surface area contributed by atoms with Crippen LogP contribution in [-0.2, 0) is 17.6 Å². The van der Waals surface area contributed by atoms with Gasteiger partial charge < -0.3 is 14.3 Å². The number of carbonyl (C=O) groups is 1. The van der Waals surface area contributed by atoms with E-state index >= 15 is 0 Å². The molecule has 1 aromatic carbocycles. The van der Waals surface area contributed by atoms with Gasteiger partial charge >= 0.3 is 0 Å². The maximum absolute atomic E-state index is 9.44. The zero-order valence-electron chi connectivity index (χ0n) is 23.8. The van der Waals surface area contributed by atoms with Crippen LogP contribution in [0, 0.1) is 11.3 Å². The minimum Gasteiger partial charge on any atom is -0.496 e. The van der Waals surface area contributed by atoms with Gasteiger partial charge in [0.25, 0.3) is 0 Å². The summed E-state index contributed by atoms with van der Waals surface area (Å²) in [5.41, 5.74) is 4.23. The van der Waals surface area contributed by atoms with Gasteiger partial charge in [0.05, 0.1) is 14.2 Å². The third-order valence-electron chi connectivity index (χ3n) is 4.50. The number of unbranched alkanes of at least 4 members (excludes halogenated alkanes) is 4. The molecule has 0 saturated heterocycles. The highest BCUT2D eigenvalue weighted by Crippen LogP contribution is 2.32. The summed E-state index contributed by atoms with van der Waals surface area (Å²) in [6.07, 6.45) is 9.54. The molecule has 3 nitrogen and oxygen atoms in total. The first-order valence-corrected chi connectivity index (χ1v) is 12.6. The van der Waals surface area contributed by atoms with Crippen LogP contribution in [0.15, 0.2) is 24.3 Å². The molecular formula is C30H54O3. The van der Waals surface area contributed by atoms with E-state index in [2.05, 4.69) is 67.2 Å². The second kappa shape index (κ2) is 18.6. The summed E-state index contributed by atoms with van der Waals surface area (Å²) in [7, 11) is 3.53. The summed E-state index contributed by atoms with van der Waals surface area (Å²) in [5.74, 6) is 2.72. The number of hydrogen-bond donors (Lipinski definition) is 0. The molecule has 33 heavy (non-hydrogen) atoms. The van der Waals surface area contributed by atoms with Crippen LogP contribution in [0.2, 0.25) is 0 Å². The molecule has 0 aliphatic rings. The van der Waals surface area contributed by atoms with Crippen LogP contribution in [0.1, 0.15) is 112 Å². The number of benzene rings is 1. The van der Waals surface area contributed by atoms with Crippen LogP contribution in [-0.4, -0.2) is 20.0 Å². The number of carbonyl (C=O) groups excluding carboxylic acids is 1. The van der Waals surface area contributed by atoms with Crippen molar-refractivity contribution in [2.75, 3.05) is 14.2 Å². The lowest BCUT2D eigenvalue weighted by molar-refractivity contribution is -0.114. The van der Waals surface area contributed by atoms with Crippen LogP contribution in [0.4, 0.5) is 0 Å². The van der Waals surface area contributed by atoms with Crippen molar-refractivity contribution in [2.24, 2.45) is 11.3 Å². The maximum atomic E-state index is 9.44. The van der Waals surface area contributed by atoms with E-state index in [9.17, 15) is 4.79 Å². The Morgan fingerprint density at radius 2 is 1.33 bits per heavy atom.